The molecule has 6 saturated carbocycles. The lowest BCUT2D eigenvalue weighted by molar-refractivity contribution is -0.412. The summed E-state index contributed by atoms with van der Waals surface area (Å²) in [6, 6.07) is 0. The Morgan fingerprint density at radius 1 is 0.900 bits per heavy atom. The molecule has 0 amide bonds. The van der Waals surface area contributed by atoms with Crippen molar-refractivity contribution in [2.24, 2.45) is 63.6 Å². The molecule has 1 saturated heterocycles. The molecule has 168 valence electrons. The van der Waals surface area contributed by atoms with Crippen LogP contribution >= 0.6 is 15.9 Å². The van der Waals surface area contributed by atoms with E-state index in [4.69, 9.17) is 9.47 Å². The molecule has 6 aliphatic carbocycles. The lowest BCUT2D eigenvalue weighted by Gasteiger charge is -2.84. The summed E-state index contributed by atoms with van der Waals surface area (Å²) in [5, 5.41) is 1.18. The average Bonchev–Trinajstić information content (AvgIpc) is 3.33. The topological polar surface area (TPSA) is 18.5 Å². The number of alkyl halides is 1. The van der Waals surface area contributed by atoms with Crippen molar-refractivity contribution in [3.8, 4) is 0 Å². The number of fused-ring (bicyclic) bond motifs is 5. The van der Waals surface area contributed by atoms with Gasteiger partial charge in [0.05, 0.1) is 13.2 Å². The maximum absolute atomic E-state index is 6.42. The average molecular weight is 478 g/mol. The molecule has 0 bridgehead atoms. The Balaban J connectivity index is 1.25. The zero-order chi connectivity index (χ0) is 20.5. The normalized spacial score (nSPS) is 60.6. The standard InChI is InChI=1S/C27H41BrO2/c1-16(15-28)20-4-5-21-19-13-17-12-18-14-23-26(29-10-11-30-26)9-8-25(3,27(17,18)23)22(19)6-7-24(20,21)2/h16-23H,4-15H2,1-3H3/t16-,17?,18?,19?,20?,21?,22?,23+,24-,25-,27+/m1/s1. The minimum atomic E-state index is -0.186. The lowest BCUT2D eigenvalue weighted by atomic mass is 9.21. The van der Waals surface area contributed by atoms with E-state index < -0.39 is 0 Å². The van der Waals surface area contributed by atoms with Gasteiger partial charge in [-0.1, -0.05) is 36.7 Å². The van der Waals surface area contributed by atoms with Crippen LogP contribution in [0.5, 0.6) is 0 Å². The van der Waals surface area contributed by atoms with Gasteiger partial charge in [-0.3, -0.25) is 0 Å². The minimum absolute atomic E-state index is 0.186. The van der Waals surface area contributed by atoms with Crippen LogP contribution in [0.4, 0.5) is 0 Å². The van der Waals surface area contributed by atoms with Gasteiger partial charge >= 0.3 is 0 Å². The predicted molar refractivity (Wildman–Crippen MR) is 122 cm³/mol. The van der Waals surface area contributed by atoms with E-state index in [0.717, 1.165) is 54.6 Å². The van der Waals surface area contributed by atoms with Gasteiger partial charge in [0.15, 0.2) is 5.79 Å². The van der Waals surface area contributed by atoms with Crippen LogP contribution in [0.1, 0.15) is 78.6 Å². The number of hydrogen-bond acceptors (Lipinski definition) is 2. The van der Waals surface area contributed by atoms with Gasteiger partial charge in [-0.25, -0.2) is 0 Å². The Morgan fingerprint density at radius 2 is 1.67 bits per heavy atom. The summed E-state index contributed by atoms with van der Waals surface area (Å²) in [7, 11) is 0. The molecule has 1 heterocycles. The van der Waals surface area contributed by atoms with Crippen molar-refractivity contribution in [1.29, 1.82) is 0 Å². The van der Waals surface area contributed by atoms with Crippen LogP contribution < -0.4 is 0 Å². The number of halogens is 1. The van der Waals surface area contributed by atoms with Gasteiger partial charge in [0.1, 0.15) is 0 Å². The van der Waals surface area contributed by atoms with Crippen LogP contribution in [0.2, 0.25) is 0 Å². The molecule has 2 nitrogen and oxygen atoms in total. The zero-order valence-corrected chi connectivity index (χ0v) is 20.9. The Morgan fingerprint density at radius 3 is 2.40 bits per heavy atom. The summed E-state index contributed by atoms with van der Waals surface area (Å²) >= 11 is 3.83. The van der Waals surface area contributed by atoms with E-state index >= 15 is 0 Å². The lowest BCUT2D eigenvalue weighted by Crippen LogP contribution is -2.80. The predicted octanol–water partition coefficient (Wildman–Crippen LogP) is 6.67. The molecule has 0 aromatic rings. The highest BCUT2D eigenvalue weighted by molar-refractivity contribution is 9.09. The first-order valence-corrected chi connectivity index (χ1v) is 14.4. The van der Waals surface area contributed by atoms with E-state index in [2.05, 4.69) is 36.7 Å². The van der Waals surface area contributed by atoms with Crippen molar-refractivity contribution in [3.05, 3.63) is 0 Å². The van der Waals surface area contributed by atoms with Crippen molar-refractivity contribution in [2.45, 2.75) is 84.3 Å². The molecule has 30 heavy (non-hydrogen) atoms. The summed E-state index contributed by atoms with van der Waals surface area (Å²) < 4.78 is 12.8. The van der Waals surface area contributed by atoms with Crippen molar-refractivity contribution < 1.29 is 9.47 Å². The Hall–Kier alpha value is 0.400. The Kier molecular flexibility index (Phi) is 4.03. The number of rotatable bonds is 2. The van der Waals surface area contributed by atoms with Crippen molar-refractivity contribution in [3.63, 3.8) is 0 Å². The first-order chi connectivity index (χ1) is 14.4. The van der Waals surface area contributed by atoms with Crippen LogP contribution in [-0.4, -0.2) is 24.3 Å². The maximum Gasteiger partial charge on any atom is 0.171 e. The fourth-order valence-corrected chi connectivity index (χ4v) is 12.7. The third-order valence-corrected chi connectivity index (χ3v) is 14.1. The summed E-state index contributed by atoms with van der Waals surface area (Å²) in [6.07, 6.45) is 13.0. The van der Waals surface area contributed by atoms with Crippen LogP contribution in [-0.2, 0) is 9.47 Å². The number of ether oxygens (including phenoxy) is 2. The molecule has 3 heteroatoms. The largest absolute Gasteiger partial charge is 0.347 e. The maximum atomic E-state index is 6.42. The summed E-state index contributed by atoms with van der Waals surface area (Å²) in [4.78, 5) is 0. The first-order valence-electron chi connectivity index (χ1n) is 13.2. The van der Waals surface area contributed by atoms with Crippen LogP contribution in [0.25, 0.3) is 0 Å². The van der Waals surface area contributed by atoms with E-state index in [9.17, 15) is 0 Å². The van der Waals surface area contributed by atoms with Crippen LogP contribution in [0, 0.1) is 63.6 Å². The van der Waals surface area contributed by atoms with Crippen molar-refractivity contribution >= 4 is 15.9 Å². The third kappa shape index (κ3) is 1.96. The fraction of sp³-hybridized carbons (Fsp3) is 1.00. The number of hydrogen-bond donors (Lipinski definition) is 0. The highest BCUT2D eigenvalue weighted by Gasteiger charge is 2.83. The van der Waals surface area contributed by atoms with Crippen LogP contribution in [0.3, 0.4) is 0 Å². The van der Waals surface area contributed by atoms with E-state index in [0.29, 0.717) is 22.2 Å². The molecule has 11 atom stereocenters. The molecule has 1 aliphatic heterocycles. The highest BCUT2D eigenvalue weighted by atomic mass is 79.9. The molecule has 0 aromatic carbocycles. The SMILES string of the molecule is C[C@H](CBr)C1CCC2C3CC4CC5C[C@H]6C7(CC[C@](C)(C3CC[C@@]21C)[C@@]456)OCCO7. The van der Waals surface area contributed by atoms with Crippen LogP contribution in [0.15, 0.2) is 0 Å². The molecule has 0 aromatic heterocycles. The van der Waals surface area contributed by atoms with Gasteiger partial charge in [0.2, 0.25) is 0 Å². The van der Waals surface area contributed by atoms with Gasteiger partial charge in [0, 0.05) is 17.7 Å². The van der Waals surface area contributed by atoms with E-state index in [-0.39, 0.29) is 5.79 Å². The summed E-state index contributed by atoms with van der Waals surface area (Å²) in [5.74, 6) is 7.19. The second kappa shape index (κ2) is 6.09. The van der Waals surface area contributed by atoms with Gasteiger partial charge in [-0.15, -0.1) is 0 Å². The monoisotopic (exact) mass is 476 g/mol. The van der Waals surface area contributed by atoms with E-state index in [1.54, 1.807) is 6.42 Å². The molecular weight excluding hydrogens is 436 g/mol. The van der Waals surface area contributed by atoms with E-state index in [1.807, 2.05) is 0 Å². The minimum Gasteiger partial charge on any atom is -0.347 e. The van der Waals surface area contributed by atoms with Crippen molar-refractivity contribution in [1.82, 2.24) is 0 Å². The molecule has 7 fully saturated rings. The molecule has 0 radical (unpaired) electrons. The fourth-order valence-electron chi connectivity index (χ4n) is 12.2. The third-order valence-electron chi connectivity index (χ3n) is 13.1. The molecule has 0 N–H and O–H groups in total. The second-order valence-corrected chi connectivity index (χ2v) is 13.9. The Bertz CT molecular complexity index is 747. The summed E-state index contributed by atoms with van der Waals surface area (Å²) in [5.41, 5.74) is 1.73. The molecule has 6 unspecified atom stereocenters. The molecule has 2 spiro atoms. The van der Waals surface area contributed by atoms with Gasteiger partial charge in [-0.2, -0.15) is 0 Å². The van der Waals surface area contributed by atoms with Crippen molar-refractivity contribution in [2.75, 3.05) is 18.5 Å². The smallest absolute Gasteiger partial charge is 0.171 e. The quantitative estimate of drug-likeness (QED) is 0.414. The Labute approximate surface area is 191 Å². The highest BCUT2D eigenvalue weighted by Crippen LogP contribution is 2.86. The molecule has 7 aliphatic rings. The molecule has 7 rings (SSSR count). The van der Waals surface area contributed by atoms with Gasteiger partial charge in [0.25, 0.3) is 0 Å². The van der Waals surface area contributed by atoms with Gasteiger partial charge < -0.3 is 9.47 Å². The van der Waals surface area contributed by atoms with E-state index in [1.165, 1.54) is 56.7 Å². The molecular formula is C27H41BrO2. The summed E-state index contributed by atoms with van der Waals surface area (Å²) in [6.45, 7) is 9.65. The van der Waals surface area contributed by atoms with Gasteiger partial charge in [-0.05, 0) is 109 Å². The zero-order valence-electron chi connectivity index (χ0n) is 19.3. The second-order valence-electron chi connectivity index (χ2n) is 13.2. The first kappa shape index (κ1) is 19.8.